The van der Waals surface area contributed by atoms with Crippen molar-refractivity contribution in [1.29, 1.82) is 0 Å². The van der Waals surface area contributed by atoms with Gasteiger partial charge in [0.15, 0.2) is 11.6 Å². The first-order valence-corrected chi connectivity index (χ1v) is 7.05. The Labute approximate surface area is 127 Å². The van der Waals surface area contributed by atoms with E-state index in [1.165, 1.54) is 0 Å². The first-order valence-electron chi connectivity index (χ1n) is 7.05. The Bertz CT molecular complexity index is 910. The predicted octanol–water partition coefficient (Wildman–Crippen LogP) is 2.08. The average molecular weight is 292 g/mol. The van der Waals surface area contributed by atoms with Crippen molar-refractivity contribution in [3.63, 3.8) is 0 Å². The molecule has 0 saturated carbocycles. The molecule has 6 nitrogen and oxygen atoms in total. The van der Waals surface area contributed by atoms with Gasteiger partial charge in [-0.3, -0.25) is 9.88 Å². The molecule has 110 valence electrons. The fourth-order valence-corrected chi connectivity index (χ4v) is 3.09. The van der Waals surface area contributed by atoms with Crippen LogP contribution in [-0.4, -0.2) is 15.5 Å². The fourth-order valence-electron chi connectivity index (χ4n) is 3.09. The molecule has 3 aromatic rings. The van der Waals surface area contributed by atoms with Gasteiger partial charge in [0.05, 0.1) is 11.0 Å². The van der Waals surface area contributed by atoms with Crippen LogP contribution in [0.25, 0.3) is 11.0 Å². The lowest BCUT2D eigenvalue weighted by Gasteiger charge is -2.34. The van der Waals surface area contributed by atoms with Crippen LogP contribution in [0.4, 0.5) is 11.6 Å². The van der Waals surface area contributed by atoms with Crippen molar-refractivity contribution in [3.8, 4) is 0 Å². The van der Waals surface area contributed by atoms with Crippen LogP contribution in [0.1, 0.15) is 12.5 Å². The van der Waals surface area contributed by atoms with E-state index in [1.807, 2.05) is 60.0 Å². The molecule has 0 radical (unpaired) electrons. The third kappa shape index (κ3) is 1.60. The van der Waals surface area contributed by atoms with Crippen LogP contribution in [0.15, 0.2) is 53.5 Å². The highest BCUT2D eigenvalue weighted by atomic mass is 15.4. The average Bonchev–Trinajstić information content (AvgIpc) is 2.86. The summed E-state index contributed by atoms with van der Waals surface area (Å²) in [6.07, 6.45) is 0. The number of anilines is 2. The topological polar surface area (TPSA) is 94.2 Å². The Balaban J connectivity index is 2.08. The summed E-state index contributed by atoms with van der Waals surface area (Å²) in [5.74, 6) is 0.994. The standard InChI is InChI=1S/C16H16N6/c1-16(10-6-2-3-7-11(10)17)21-14(18)20-15-19-12-8-4-5-9-13(12)22(15)16/h2-9H,17H2,1H3,(H3,18,19,20,21). The summed E-state index contributed by atoms with van der Waals surface area (Å²) in [5.41, 5.74) is 14.9. The van der Waals surface area contributed by atoms with E-state index >= 15 is 0 Å². The Hall–Kier alpha value is -3.02. The summed E-state index contributed by atoms with van der Waals surface area (Å²) in [7, 11) is 0. The van der Waals surface area contributed by atoms with Crippen LogP contribution in [0, 0.1) is 0 Å². The quantitative estimate of drug-likeness (QED) is 0.598. The van der Waals surface area contributed by atoms with Gasteiger partial charge in [0.25, 0.3) is 0 Å². The molecule has 0 bridgehead atoms. The van der Waals surface area contributed by atoms with Gasteiger partial charge in [0, 0.05) is 11.3 Å². The third-order valence-corrected chi connectivity index (χ3v) is 4.05. The van der Waals surface area contributed by atoms with Crippen LogP contribution in [-0.2, 0) is 5.66 Å². The molecule has 0 saturated heterocycles. The maximum Gasteiger partial charge on any atom is 0.213 e. The molecule has 6 heteroatoms. The number of nitrogens with one attached hydrogen (secondary N) is 1. The van der Waals surface area contributed by atoms with E-state index in [1.54, 1.807) is 0 Å². The van der Waals surface area contributed by atoms with Crippen molar-refractivity contribution < 1.29 is 0 Å². The number of hydrogen-bond donors (Lipinski definition) is 3. The summed E-state index contributed by atoms with van der Waals surface area (Å²) in [6, 6.07) is 15.6. The fraction of sp³-hybridized carbons (Fsp3) is 0.125. The van der Waals surface area contributed by atoms with Crippen LogP contribution in [0.3, 0.4) is 0 Å². The second-order valence-corrected chi connectivity index (χ2v) is 5.49. The first kappa shape index (κ1) is 12.7. The number of rotatable bonds is 1. The number of benzene rings is 2. The summed E-state index contributed by atoms with van der Waals surface area (Å²) in [4.78, 5) is 9.24. The zero-order valence-corrected chi connectivity index (χ0v) is 12.1. The lowest BCUT2D eigenvalue weighted by Crippen LogP contribution is -2.41. The number of imidazole rings is 1. The van der Waals surface area contributed by atoms with Crippen LogP contribution < -0.4 is 16.8 Å². The zero-order valence-electron chi connectivity index (χ0n) is 12.1. The van der Waals surface area contributed by atoms with Crippen molar-refractivity contribution >= 4 is 28.6 Å². The molecule has 5 N–H and O–H groups in total. The number of guanidine groups is 1. The smallest absolute Gasteiger partial charge is 0.213 e. The number of aliphatic imine (C=N–C) groups is 1. The highest BCUT2D eigenvalue weighted by Gasteiger charge is 2.37. The second kappa shape index (κ2) is 4.24. The molecule has 1 unspecified atom stereocenters. The van der Waals surface area contributed by atoms with E-state index in [4.69, 9.17) is 11.5 Å². The lowest BCUT2D eigenvalue weighted by atomic mass is 9.99. The minimum absolute atomic E-state index is 0.327. The van der Waals surface area contributed by atoms with Crippen LogP contribution in [0.5, 0.6) is 0 Å². The minimum atomic E-state index is -0.744. The molecule has 0 fully saturated rings. The zero-order chi connectivity index (χ0) is 15.3. The maximum atomic E-state index is 6.19. The van der Waals surface area contributed by atoms with Crippen molar-refractivity contribution in [2.45, 2.75) is 12.6 Å². The molecule has 1 atom stereocenters. The van der Waals surface area contributed by atoms with Crippen molar-refractivity contribution in [1.82, 2.24) is 9.55 Å². The van der Waals surface area contributed by atoms with Gasteiger partial charge in [-0.15, -0.1) is 0 Å². The Morgan fingerprint density at radius 1 is 1.05 bits per heavy atom. The number of nitrogens with zero attached hydrogens (tertiary/aromatic N) is 3. The molecule has 0 spiro atoms. The minimum Gasteiger partial charge on any atom is -0.398 e. The van der Waals surface area contributed by atoms with Crippen molar-refractivity contribution in [3.05, 3.63) is 54.1 Å². The lowest BCUT2D eigenvalue weighted by molar-refractivity contribution is 0.425. The number of nitrogens with two attached hydrogens (primary N) is 2. The van der Waals surface area contributed by atoms with E-state index < -0.39 is 5.66 Å². The summed E-state index contributed by atoms with van der Waals surface area (Å²) in [6.45, 7) is 1.99. The van der Waals surface area contributed by atoms with E-state index in [-0.39, 0.29) is 0 Å². The van der Waals surface area contributed by atoms with Crippen LogP contribution >= 0.6 is 0 Å². The van der Waals surface area contributed by atoms with Gasteiger partial charge in [0.1, 0.15) is 0 Å². The molecule has 2 heterocycles. The Kier molecular flexibility index (Phi) is 2.45. The van der Waals surface area contributed by atoms with Gasteiger partial charge in [-0.25, -0.2) is 9.98 Å². The van der Waals surface area contributed by atoms with Gasteiger partial charge in [-0.1, -0.05) is 30.3 Å². The SMILES string of the molecule is CC1(c2ccccc2N)N=C(N)Nc2nc3ccccc3n21. The third-order valence-electron chi connectivity index (χ3n) is 4.05. The van der Waals surface area contributed by atoms with Gasteiger partial charge in [0.2, 0.25) is 5.95 Å². The maximum absolute atomic E-state index is 6.19. The van der Waals surface area contributed by atoms with Gasteiger partial charge in [-0.05, 0) is 25.1 Å². The molecule has 1 aliphatic heterocycles. The second-order valence-electron chi connectivity index (χ2n) is 5.49. The molecule has 1 aromatic heterocycles. The molecule has 0 aliphatic carbocycles. The largest absolute Gasteiger partial charge is 0.398 e. The van der Waals surface area contributed by atoms with E-state index in [2.05, 4.69) is 15.3 Å². The molecular formula is C16H16N6. The van der Waals surface area contributed by atoms with Gasteiger partial charge >= 0.3 is 0 Å². The summed E-state index contributed by atoms with van der Waals surface area (Å²) in [5, 5.41) is 3.03. The molecular weight excluding hydrogens is 276 g/mol. The number of nitrogen functional groups attached to an aromatic ring is 1. The number of para-hydroxylation sites is 3. The normalized spacial score (nSPS) is 20.3. The Morgan fingerprint density at radius 2 is 1.77 bits per heavy atom. The molecule has 0 amide bonds. The number of aromatic nitrogens is 2. The van der Waals surface area contributed by atoms with E-state index in [9.17, 15) is 0 Å². The first-order chi connectivity index (χ1) is 10.6. The number of fused-ring (bicyclic) bond motifs is 3. The highest BCUT2D eigenvalue weighted by molar-refractivity contribution is 5.95. The molecule has 2 aromatic carbocycles. The Morgan fingerprint density at radius 3 is 2.59 bits per heavy atom. The van der Waals surface area contributed by atoms with E-state index in [0.29, 0.717) is 17.6 Å². The van der Waals surface area contributed by atoms with Gasteiger partial charge < -0.3 is 11.5 Å². The molecule has 1 aliphatic rings. The summed E-state index contributed by atoms with van der Waals surface area (Å²) >= 11 is 0. The highest BCUT2D eigenvalue weighted by Crippen LogP contribution is 2.39. The van der Waals surface area contributed by atoms with Crippen molar-refractivity contribution in [2.24, 2.45) is 10.7 Å². The van der Waals surface area contributed by atoms with Crippen molar-refractivity contribution in [2.75, 3.05) is 11.1 Å². The monoisotopic (exact) mass is 292 g/mol. The predicted molar refractivity (Wildman–Crippen MR) is 88.6 cm³/mol. The van der Waals surface area contributed by atoms with Gasteiger partial charge in [-0.2, -0.15) is 0 Å². The van der Waals surface area contributed by atoms with Crippen LogP contribution in [0.2, 0.25) is 0 Å². The summed E-state index contributed by atoms with van der Waals surface area (Å²) < 4.78 is 2.03. The molecule has 22 heavy (non-hydrogen) atoms. The van der Waals surface area contributed by atoms with E-state index in [0.717, 1.165) is 16.6 Å². The molecule has 4 rings (SSSR count). The number of hydrogen-bond acceptors (Lipinski definition) is 5.